The summed E-state index contributed by atoms with van der Waals surface area (Å²) in [4.78, 5) is 18.6. The number of hydrogen-bond acceptors (Lipinski definition) is 3. The van der Waals surface area contributed by atoms with E-state index in [1.54, 1.807) is 17.2 Å². The minimum Gasteiger partial charge on any atom is -0.363 e. The molecule has 0 aliphatic carbocycles. The second-order valence-electron chi connectivity index (χ2n) is 7.81. The molecule has 0 aliphatic rings. The number of carbonyl (C=O) groups is 1. The molecule has 160 valence electrons. The lowest BCUT2D eigenvalue weighted by atomic mass is 10.1. The van der Waals surface area contributed by atoms with E-state index in [-0.39, 0.29) is 12.1 Å². The fourth-order valence-electron chi connectivity index (χ4n) is 3.51. The number of alkyl halides is 3. The van der Waals surface area contributed by atoms with E-state index in [2.05, 4.69) is 0 Å². The zero-order chi connectivity index (χ0) is 22.1. The van der Waals surface area contributed by atoms with Gasteiger partial charge in [0.25, 0.3) is 0 Å². The normalized spacial score (nSPS) is 12.3. The average Bonchev–Trinajstić information content (AvgIpc) is 3.08. The van der Waals surface area contributed by atoms with Gasteiger partial charge < -0.3 is 9.40 Å². The molecule has 0 N–H and O–H groups in total. The van der Waals surface area contributed by atoms with Crippen LogP contribution in [-0.4, -0.2) is 27.7 Å². The molecule has 1 heterocycles. The van der Waals surface area contributed by atoms with Gasteiger partial charge in [-0.1, -0.05) is 24.3 Å². The van der Waals surface area contributed by atoms with Gasteiger partial charge in [0.15, 0.2) is 0 Å². The molecule has 0 atom stereocenters. The van der Waals surface area contributed by atoms with Gasteiger partial charge in [0.1, 0.15) is 0 Å². The Kier molecular flexibility index (Phi) is 6.22. The van der Waals surface area contributed by atoms with Crippen LogP contribution in [0.5, 0.6) is 0 Å². The molecule has 2 aromatic carbocycles. The fourth-order valence-corrected chi connectivity index (χ4v) is 3.51. The zero-order valence-electron chi connectivity index (χ0n) is 17.4. The van der Waals surface area contributed by atoms with E-state index in [1.807, 2.05) is 50.6 Å². The van der Waals surface area contributed by atoms with Crippen molar-refractivity contribution in [3.05, 3.63) is 71.4 Å². The fraction of sp³-hybridized carbons (Fsp3) is 0.348. The molecule has 0 amide bonds. The smallest absolute Gasteiger partial charge is 0.363 e. The molecule has 0 aliphatic heterocycles. The van der Waals surface area contributed by atoms with Crippen LogP contribution >= 0.6 is 0 Å². The largest absolute Gasteiger partial charge is 0.416 e. The quantitative estimate of drug-likeness (QED) is 0.468. The van der Waals surface area contributed by atoms with Gasteiger partial charge in [-0.3, -0.25) is 0 Å². The van der Waals surface area contributed by atoms with Crippen molar-refractivity contribution in [2.45, 2.75) is 52.5 Å². The van der Waals surface area contributed by atoms with E-state index in [0.29, 0.717) is 23.2 Å². The first-order chi connectivity index (χ1) is 14.1. The molecule has 0 spiro atoms. The number of hydroxylamine groups is 2. The summed E-state index contributed by atoms with van der Waals surface area (Å²) in [5, 5.41) is 2.50. The highest BCUT2D eigenvalue weighted by atomic mass is 19.4. The zero-order valence-corrected chi connectivity index (χ0v) is 17.4. The Labute approximate surface area is 173 Å². The van der Waals surface area contributed by atoms with Crippen molar-refractivity contribution in [2.75, 3.05) is 0 Å². The number of carbonyl (C=O) groups excluding carboxylic acids is 1. The molecule has 0 saturated carbocycles. The van der Waals surface area contributed by atoms with Crippen molar-refractivity contribution in [2.24, 2.45) is 0 Å². The van der Waals surface area contributed by atoms with Gasteiger partial charge in [0.2, 0.25) is 0 Å². The molecule has 7 heteroatoms. The van der Waals surface area contributed by atoms with Gasteiger partial charge in [0, 0.05) is 30.2 Å². The van der Waals surface area contributed by atoms with E-state index >= 15 is 0 Å². The number of hydrogen-bond donors (Lipinski definition) is 0. The summed E-state index contributed by atoms with van der Waals surface area (Å²) in [7, 11) is 0. The molecule has 3 aromatic rings. The second kappa shape index (κ2) is 8.52. The minimum atomic E-state index is -4.37. The predicted molar refractivity (Wildman–Crippen MR) is 110 cm³/mol. The molecule has 0 bridgehead atoms. The number of halogens is 3. The summed E-state index contributed by atoms with van der Waals surface area (Å²) in [6.45, 7) is 8.12. The molecule has 0 radical (unpaired) electrons. The minimum absolute atomic E-state index is 0.0204. The van der Waals surface area contributed by atoms with Gasteiger partial charge in [-0.05, 0) is 57.5 Å². The highest BCUT2D eigenvalue weighted by Crippen LogP contribution is 2.29. The standard InChI is InChI=1S/C23H25F3N2O2/c1-15(2)28(16(3)4)30-22(29)20-7-5-6-18-12-13-27(21(18)20)14-17-8-10-19(11-9-17)23(24,25)26/h5-13,15-16H,14H2,1-4H3. The van der Waals surface area contributed by atoms with Gasteiger partial charge in [0.05, 0.1) is 16.6 Å². The summed E-state index contributed by atoms with van der Waals surface area (Å²) in [6.07, 6.45) is -2.55. The lowest BCUT2D eigenvalue weighted by Gasteiger charge is -2.28. The van der Waals surface area contributed by atoms with Crippen LogP contribution in [0.2, 0.25) is 0 Å². The Hall–Kier alpha value is -2.80. The SMILES string of the molecule is CC(C)N(OC(=O)c1cccc2ccn(Cc3ccc(C(F)(F)F)cc3)c12)C(C)C. The predicted octanol–water partition coefficient (Wildman–Crippen LogP) is 5.90. The molecule has 4 nitrogen and oxygen atoms in total. The van der Waals surface area contributed by atoms with Crippen LogP contribution in [0.4, 0.5) is 13.2 Å². The van der Waals surface area contributed by atoms with Gasteiger partial charge in [-0.25, -0.2) is 4.79 Å². The third-order valence-electron chi connectivity index (χ3n) is 4.85. The Bertz CT molecular complexity index is 1010. The molecule has 0 fully saturated rings. The summed E-state index contributed by atoms with van der Waals surface area (Å²) >= 11 is 0. The van der Waals surface area contributed by atoms with Gasteiger partial charge >= 0.3 is 12.1 Å². The molecule has 1 aromatic heterocycles. The maximum absolute atomic E-state index is 12.9. The number of benzene rings is 2. The van der Waals surface area contributed by atoms with E-state index in [4.69, 9.17) is 4.84 Å². The molecular weight excluding hydrogens is 393 g/mol. The average molecular weight is 418 g/mol. The first-order valence-electron chi connectivity index (χ1n) is 9.82. The van der Waals surface area contributed by atoms with Crippen LogP contribution in [0.3, 0.4) is 0 Å². The Morgan fingerprint density at radius 2 is 1.63 bits per heavy atom. The molecule has 0 unspecified atom stereocenters. The van der Waals surface area contributed by atoms with E-state index in [9.17, 15) is 18.0 Å². The monoisotopic (exact) mass is 418 g/mol. The second-order valence-corrected chi connectivity index (χ2v) is 7.81. The maximum Gasteiger partial charge on any atom is 0.416 e. The summed E-state index contributed by atoms with van der Waals surface area (Å²) in [5.41, 5.74) is 1.12. The van der Waals surface area contributed by atoms with Crippen LogP contribution in [0.15, 0.2) is 54.7 Å². The summed E-state index contributed by atoms with van der Waals surface area (Å²) < 4.78 is 40.3. The van der Waals surface area contributed by atoms with Crippen LogP contribution < -0.4 is 0 Å². The first kappa shape index (κ1) is 21.9. The third kappa shape index (κ3) is 4.67. The van der Waals surface area contributed by atoms with Crippen molar-refractivity contribution in [1.82, 2.24) is 9.63 Å². The van der Waals surface area contributed by atoms with Crippen molar-refractivity contribution >= 4 is 16.9 Å². The van der Waals surface area contributed by atoms with Gasteiger partial charge in [-0.2, -0.15) is 13.2 Å². The number of aromatic nitrogens is 1. The number of fused-ring (bicyclic) bond motifs is 1. The Morgan fingerprint density at radius 1 is 1.00 bits per heavy atom. The molecule has 30 heavy (non-hydrogen) atoms. The Morgan fingerprint density at radius 3 is 2.20 bits per heavy atom. The molecular formula is C23H25F3N2O2. The van der Waals surface area contributed by atoms with E-state index < -0.39 is 17.7 Å². The first-order valence-corrected chi connectivity index (χ1v) is 9.82. The van der Waals surface area contributed by atoms with Crippen LogP contribution in [0, 0.1) is 0 Å². The van der Waals surface area contributed by atoms with E-state index in [1.165, 1.54) is 12.1 Å². The van der Waals surface area contributed by atoms with Crippen molar-refractivity contribution < 1.29 is 22.8 Å². The number of para-hydroxylation sites is 1. The summed E-state index contributed by atoms with van der Waals surface area (Å²) in [5.74, 6) is -0.463. The molecule has 3 rings (SSSR count). The topological polar surface area (TPSA) is 34.5 Å². The highest BCUT2D eigenvalue weighted by molar-refractivity contribution is 6.03. The maximum atomic E-state index is 12.9. The lowest BCUT2D eigenvalue weighted by Crippen LogP contribution is -2.39. The highest BCUT2D eigenvalue weighted by Gasteiger charge is 2.30. The van der Waals surface area contributed by atoms with Crippen molar-refractivity contribution in [3.63, 3.8) is 0 Å². The van der Waals surface area contributed by atoms with E-state index in [0.717, 1.165) is 17.5 Å². The van der Waals surface area contributed by atoms with Crippen molar-refractivity contribution in [3.8, 4) is 0 Å². The molecule has 0 saturated heterocycles. The number of nitrogens with zero attached hydrogens (tertiary/aromatic N) is 2. The van der Waals surface area contributed by atoms with Crippen molar-refractivity contribution in [1.29, 1.82) is 0 Å². The number of rotatable bonds is 6. The van der Waals surface area contributed by atoms with Crippen LogP contribution in [0.1, 0.15) is 49.2 Å². The summed E-state index contributed by atoms with van der Waals surface area (Å²) in [6, 6.07) is 12.3. The Balaban J connectivity index is 1.92. The lowest BCUT2D eigenvalue weighted by molar-refractivity contribution is -0.150. The van der Waals surface area contributed by atoms with Gasteiger partial charge in [-0.15, -0.1) is 5.06 Å². The van der Waals surface area contributed by atoms with Crippen LogP contribution in [-0.2, 0) is 17.6 Å². The van der Waals surface area contributed by atoms with Crippen LogP contribution in [0.25, 0.3) is 10.9 Å². The third-order valence-corrected chi connectivity index (χ3v) is 4.85.